The van der Waals surface area contributed by atoms with E-state index in [2.05, 4.69) is 19.7 Å². The molecule has 0 aliphatic rings. The molecule has 1 N–H and O–H groups in total. The normalized spacial score (nSPS) is 11.7. The zero-order valence-electron chi connectivity index (χ0n) is 11.2. The van der Waals surface area contributed by atoms with E-state index in [1.807, 2.05) is 19.9 Å². The number of hydrogen-bond acceptors (Lipinski definition) is 5. The Kier molecular flexibility index (Phi) is 5.34. The van der Waals surface area contributed by atoms with E-state index in [0.29, 0.717) is 16.5 Å². The van der Waals surface area contributed by atoms with Crippen LogP contribution in [0, 0.1) is 0 Å². The van der Waals surface area contributed by atoms with Gasteiger partial charge in [0.15, 0.2) is 0 Å². The lowest BCUT2D eigenvalue weighted by molar-refractivity contribution is 1.06. The summed E-state index contributed by atoms with van der Waals surface area (Å²) in [7, 11) is 0. The summed E-state index contributed by atoms with van der Waals surface area (Å²) < 4.78 is 4.30. The lowest BCUT2D eigenvalue weighted by Gasteiger charge is -2.03. The van der Waals surface area contributed by atoms with Gasteiger partial charge in [0.25, 0.3) is 0 Å². The topological polar surface area (TPSA) is 50.2 Å². The van der Waals surface area contributed by atoms with Crippen LogP contribution in [0.25, 0.3) is 0 Å². The zero-order valence-corrected chi connectivity index (χ0v) is 13.5. The minimum atomic E-state index is 0.507. The van der Waals surface area contributed by atoms with Gasteiger partial charge in [0.2, 0.25) is 5.13 Å². The fourth-order valence-electron chi connectivity index (χ4n) is 1.63. The van der Waals surface area contributed by atoms with Gasteiger partial charge in [0.1, 0.15) is 5.82 Å². The van der Waals surface area contributed by atoms with Crippen LogP contribution in [0.15, 0.2) is 23.2 Å². The molecule has 4 nitrogen and oxygen atoms in total. The average molecular weight is 329 g/mol. The van der Waals surface area contributed by atoms with Crippen molar-refractivity contribution >= 4 is 51.3 Å². The van der Waals surface area contributed by atoms with Crippen molar-refractivity contribution in [3.8, 4) is 0 Å². The third-order valence-electron chi connectivity index (χ3n) is 2.48. The number of nitrogens with one attached hydrogen (secondary N) is 1. The predicted molar refractivity (Wildman–Crippen MR) is 87.0 cm³/mol. The first-order valence-corrected chi connectivity index (χ1v) is 7.66. The highest BCUT2D eigenvalue weighted by atomic mass is 35.5. The lowest BCUT2D eigenvalue weighted by atomic mass is 10.3. The fourth-order valence-corrected chi connectivity index (χ4v) is 2.53. The molecular weight excluding hydrogens is 315 g/mol. The summed E-state index contributed by atoms with van der Waals surface area (Å²) in [4.78, 5) is 8.74. The molecule has 0 saturated carbocycles. The highest BCUT2D eigenvalue weighted by molar-refractivity contribution is 7.09. The maximum absolute atomic E-state index is 5.97. The van der Waals surface area contributed by atoms with Crippen molar-refractivity contribution < 1.29 is 0 Å². The van der Waals surface area contributed by atoms with Crippen molar-refractivity contribution in [1.82, 2.24) is 9.36 Å². The van der Waals surface area contributed by atoms with Gasteiger partial charge in [-0.25, -0.2) is 4.98 Å². The summed E-state index contributed by atoms with van der Waals surface area (Å²) in [5, 5.41) is 4.92. The van der Waals surface area contributed by atoms with Crippen molar-refractivity contribution in [2.75, 3.05) is 11.9 Å². The van der Waals surface area contributed by atoms with Crippen LogP contribution in [0.1, 0.15) is 19.7 Å². The molecule has 0 spiro atoms. The molecular formula is C13H14Cl2N4S. The number of nitrogens with zero attached hydrogens (tertiary/aromatic N) is 3. The number of aromatic nitrogens is 2. The molecule has 0 amide bonds. The predicted octanol–water partition coefficient (Wildman–Crippen LogP) is 4.61. The van der Waals surface area contributed by atoms with Crippen molar-refractivity contribution in [2.24, 2.45) is 4.99 Å². The summed E-state index contributed by atoms with van der Waals surface area (Å²) in [6, 6.07) is 5.35. The van der Waals surface area contributed by atoms with Crippen LogP contribution >= 0.6 is 34.7 Å². The van der Waals surface area contributed by atoms with Crippen molar-refractivity contribution in [3.63, 3.8) is 0 Å². The molecule has 7 heteroatoms. The first kappa shape index (κ1) is 15.2. The smallest absolute Gasteiger partial charge is 0.207 e. The van der Waals surface area contributed by atoms with Gasteiger partial charge in [0, 0.05) is 35.9 Å². The van der Waals surface area contributed by atoms with E-state index in [-0.39, 0.29) is 0 Å². The van der Waals surface area contributed by atoms with Crippen molar-refractivity contribution in [2.45, 2.75) is 20.3 Å². The molecule has 2 aromatic rings. The minimum Gasteiger partial charge on any atom is -0.330 e. The van der Waals surface area contributed by atoms with Gasteiger partial charge in [-0.05, 0) is 32.0 Å². The Labute approximate surface area is 132 Å². The van der Waals surface area contributed by atoms with E-state index in [9.17, 15) is 0 Å². The van der Waals surface area contributed by atoms with Crippen LogP contribution in [0.4, 0.5) is 10.8 Å². The molecule has 1 heterocycles. The molecule has 0 aliphatic heterocycles. The highest BCUT2D eigenvalue weighted by Crippen LogP contribution is 2.27. The molecule has 1 aromatic heterocycles. The average Bonchev–Trinajstić information content (AvgIpc) is 2.81. The number of hydrogen-bond donors (Lipinski definition) is 1. The SMILES string of the molecule is CCN=C(C)Cc1nsc(Nc2ccc(Cl)c(Cl)c2)n1. The van der Waals surface area contributed by atoms with Crippen molar-refractivity contribution in [1.29, 1.82) is 0 Å². The van der Waals surface area contributed by atoms with E-state index in [1.165, 1.54) is 11.5 Å². The Balaban J connectivity index is 2.05. The summed E-state index contributed by atoms with van der Waals surface area (Å²) in [5.74, 6) is 0.771. The Bertz CT molecular complexity index is 625. The third kappa shape index (κ3) is 4.16. The maximum Gasteiger partial charge on any atom is 0.207 e. The Morgan fingerprint density at radius 3 is 2.85 bits per heavy atom. The van der Waals surface area contributed by atoms with Gasteiger partial charge in [0.05, 0.1) is 10.0 Å². The van der Waals surface area contributed by atoms with Gasteiger partial charge < -0.3 is 5.32 Å². The number of rotatable bonds is 5. The molecule has 0 unspecified atom stereocenters. The standard InChI is InChI=1S/C13H14Cl2N4S/c1-3-16-8(2)6-12-18-13(20-19-12)17-9-4-5-10(14)11(15)7-9/h4-5,7H,3,6H2,1-2H3,(H,17,18,19). The third-order valence-corrected chi connectivity index (χ3v) is 3.89. The van der Waals surface area contributed by atoms with Crippen LogP contribution in [0.5, 0.6) is 0 Å². The minimum absolute atomic E-state index is 0.507. The van der Waals surface area contributed by atoms with E-state index in [0.717, 1.165) is 28.9 Å². The van der Waals surface area contributed by atoms with E-state index >= 15 is 0 Å². The summed E-state index contributed by atoms with van der Waals surface area (Å²) in [6.45, 7) is 4.77. The van der Waals surface area contributed by atoms with Gasteiger partial charge in [-0.1, -0.05) is 23.2 Å². The molecule has 1 aromatic carbocycles. The molecule has 20 heavy (non-hydrogen) atoms. The van der Waals surface area contributed by atoms with Gasteiger partial charge >= 0.3 is 0 Å². The van der Waals surface area contributed by atoms with Crippen molar-refractivity contribution in [3.05, 3.63) is 34.1 Å². The number of aliphatic imine (C=N–C) groups is 1. The second kappa shape index (κ2) is 7.02. The van der Waals surface area contributed by atoms with Gasteiger partial charge in [-0.2, -0.15) is 4.37 Å². The van der Waals surface area contributed by atoms with E-state index < -0.39 is 0 Å². The molecule has 0 atom stereocenters. The van der Waals surface area contributed by atoms with Crippen LogP contribution in [-0.4, -0.2) is 21.6 Å². The summed E-state index contributed by atoms with van der Waals surface area (Å²) in [5.41, 5.74) is 1.87. The first-order valence-electron chi connectivity index (χ1n) is 6.13. The molecule has 0 fully saturated rings. The second-order valence-corrected chi connectivity index (χ2v) is 5.72. The Morgan fingerprint density at radius 1 is 1.35 bits per heavy atom. The lowest BCUT2D eigenvalue weighted by Crippen LogP contribution is -2.00. The van der Waals surface area contributed by atoms with E-state index in [4.69, 9.17) is 23.2 Å². The summed E-state index contributed by atoms with van der Waals surface area (Å²) in [6.07, 6.45) is 0.674. The fraction of sp³-hybridized carbons (Fsp3) is 0.308. The number of halogens is 2. The molecule has 0 radical (unpaired) electrons. The molecule has 0 aliphatic carbocycles. The van der Waals surface area contributed by atoms with Crippen LogP contribution in [-0.2, 0) is 6.42 Å². The number of benzene rings is 1. The Hall–Kier alpha value is -1.17. The first-order chi connectivity index (χ1) is 9.58. The molecule has 0 saturated heterocycles. The quantitative estimate of drug-likeness (QED) is 0.815. The van der Waals surface area contributed by atoms with Crippen LogP contribution in [0.2, 0.25) is 10.0 Å². The maximum atomic E-state index is 5.97. The molecule has 2 rings (SSSR count). The van der Waals surface area contributed by atoms with Gasteiger partial charge in [-0.3, -0.25) is 4.99 Å². The number of anilines is 2. The largest absolute Gasteiger partial charge is 0.330 e. The van der Waals surface area contributed by atoms with Crippen LogP contribution in [0.3, 0.4) is 0 Å². The molecule has 0 bridgehead atoms. The summed E-state index contributed by atoms with van der Waals surface area (Å²) >= 11 is 13.2. The van der Waals surface area contributed by atoms with Crippen LogP contribution < -0.4 is 5.32 Å². The van der Waals surface area contributed by atoms with E-state index in [1.54, 1.807) is 12.1 Å². The van der Waals surface area contributed by atoms with Gasteiger partial charge in [-0.15, -0.1) is 0 Å². The zero-order chi connectivity index (χ0) is 14.5. The second-order valence-electron chi connectivity index (χ2n) is 4.16. The monoisotopic (exact) mass is 328 g/mol. The Morgan fingerprint density at radius 2 is 2.15 bits per heavy atom. The highest BCUT2D eigenvalue weighted by Gasteiger charge is 2.06. The molecule has 106 valence electrons.